The van der Waals surface area contributed by atoms with Crippen LogP contribution in [0.2, 0.25) is 0 Å². The van der Waals surface area contributed by atoms with Gasteiger partial charge in [-0.3, -0.25) is 10.8 Å². The maximum atomic E-state index is 7.71. The second kappa shape index (κ2) is 5.09. The summed E-state index contributed by atoms with van der Waals surface area (Å²) in [7, 11) is 0. The Morgan fingerprint density at radius 1 is 0.933 bits per heavy atom. The van der Waals surface area contributed by atoms with Crippen molar-refractivity contribution in [1.29, 1.82) is 10.8 Å². The highest BCUT2D eigenvalue weighted by molar-refractivity contribution is 8.00. The lowest BCUT2D eigenvalue weighted by molar-refractivity contribution is -0.250. The summed E-state index contributed by atoms with van der Waals surface area (Å²) in [6, 6.07) is 0. The number of nitrogens with zero attached hydrogens (tertiary/aromatic N) is 2. The van der Waals surface area contributed by atoms with Gasteiger partial charge in [-0.25, -0.2) is 10.1 Å². The topological polar surface area (TPSA) is 63.4 Å². The lowest BCUT2D eigenvalue weighted by Gasteiger charge is -2.35. The number of thioether (sulfide) groups is 2. The maximum absolute atomic E-state index is 7.71. The van der Waals surface area contributed by atoms with Crippen LogP contribution in [-0.2, 0) is 4.94 Å². The number of hydrogen-bond acceptors (Lipinski definition) is 5. The van der Waals surface area contributed by atoms with Crippen LogP contribution in [0.25, 0.3) is 0 Å². The van der Waals surface area contributed by atoms with Crippen molar-refractivity contribution >= 4 is 35.2 Å². The number of hydrogen-bond donors (Lipinski definition) is 2. The normalized spacial score (nSPS) is 23.5. The second-order valence-electron chi connectivity index (χ2n) is 3.28. The van der Waals surface area contributed by atoms with Crippen molar-refractivity contribution in [2.24, 2.45) is 0 Å². The minimum Gasteiger partial charge on any atom is -0.286 e. The molecule has 2 rings (SSSR count). The van der Waals surface area contributed by atoms with E-state index in [2.05, 4.69) is 0 Å². The summed E-state index contributed by atoms with van der Waals surface area (Å²) in [5.74, 6) is 4.37. The Labute approximate surface area is 97.4 Å². The molecule has 2 saturated heterocycles. The molecular formula is C8H14N4OS2. The third-order valence-corrected chi connectivity index (χ3v) is 4.05. The summed E-state index contributed by atoms with van der Waals surface area (Å²) in [5.41, 5.74) is 0. The van der Waals surface area contributed by atoms with Crippen molar-refractivity contribution in [3.8, 4) is 0 Å². The van der Waals surface area contributed by atoms with E-state index in [9.17, 15) is 0 Å². The Kier molecular flexibility index (Phi) is 3.76. The molecule has 2 aliphatic heterocycles. The van der Waals surface area contributed by atoms with Crippen LogP contribution >= 0.6 is 23.5 Å². The van der Waals surface area contributed by atoms with Gasteiger partial charge in [0.25, 0.3) is 0 Å². The van der Waals surface area contributed by atoms with Gasteiger partial charge in [-0.2, -0.15) is 28.5 Å². The first kappa shape index (κ1) is 11.1. The first-order chi connectivity index (χ1) is 7.27. The molecule has 0 amide bonds. The second-order valence-corrected chi connectivity index (χ2v) is 5.49. The molecule has 0 atom stereocenters. The minimum absolute atomic E-state index is 0.497. The van der Waals surface area contributed by atoms with Crippen LogP contribution in [0.3, 0.4) is 0 Å². The third kappa shape index (κ3) is 2.79. The van der Waals surface area contributed by atoms with E-state index in [1.807, 2.05) is 0 Å². The largest absolute Gasteiger partial charge is 0.286 e. The molecule has 5 nitrogen and oxygen atoms in total. The standard InChI is InChI=1S/C8H14N4OS2/c9-7-5-14-3-1-11(7)13-12-2-4-15-6-8(12)10/h9-10H,1-6H2. The zero-order valence-electron chi connectivity index (χ0n) is 8.36. The van der Waals surface area contributed by atoms with Gasteiger partial charge in [0.1, 0.15) is 11.7 Å². The lowest BCUT2D eigenvalue weighted by Crippen LogP contribution is -2.47. The van der Waals surface area contributed by atoms with E-state index in [1.165, 1.54) is 0 Å². The van der Waals surface area contributed by atoms with Crippen LogP contribution in [0.1, 0.15) is 0 Å². The van der Waals surface area contributed by atoms with Crippen molar-refractivity contribution in [2.75, 3.05) is 36.1 Å². The first-order valence-corrected chi connectivity index (χ1v) is 7.12. The number of nitrogens with one attached hydrogen (secondary N) is 2. The quantitative estimate of drug-likeness (QED) is 0.757. The van der Waals surface area contributed by atoms with E-state index < -0.39 is 0 Å². The Morgan fingerprint density at radius 3 is 1.80 bits per heavy atom. The fourth-order valence-corrected chi connectivity index (χ4v) is 2.90. The summed E-state index contributed by atoms with van der Waals surface area (Å²) >= 11 is 3.49. The molecule has 2 aliphatic rings. The fraction of sp³-hybridized carbons (Fsp3) is 0.750. The van der Waals surface area contributed by atoms with E-state index >= 15 is 0 Å². The molecule has 15 heavy (non-hydrogen) atoms. The average Bonchev–Trinajstić information content (AvgIpc) is 2.24. The molecule has 2 heterocycles. The van der Waals surface area contributed by atoms with Gasteiger partial charge in [0.05, 0.1) is 24.6 Å². The summed E-state index contributed by atoms with van der Waals surface area (Å²) in [6.07, 6.45) is 0. The van der Waals surface area contributed by atoms with Crippen LogP contribution in [0.4, 0.5) is 0 Å². The van der Waals surface area contributed by atoms with Crippen LogP contribution in [0.5, 0.6) is 0 Å². The SMILES string of the molecule is N=C1CSCCN1ON1CCSCC1=N. The molecule has 0 aromatic heterocycles. The van der Waals surface area contributed by atoms with E-state index in [4.69, 9.17) is 15.8 Å². The molecular weight excluding hydrogens is 232 g/mol. The van der Waals surface area contributed by atoms with Gasteiger partial charge in [-0.1, -0.05) is 0 Å². The molecule has 0 spiro atoms. The predicted molar refractivity (Wildman–Crippen MR) is 64.6 cm³/mol. The van der Waals surface area contributed by atoms with Crippen LogP contribution in [0, 0.1) is 10.8 Å². The number of hydroxylamine groups is 4. The third-order valence-electron chi connectivity index (χ3n) is 2.15. The van der Waals surface area contributed by atoms with Gasteiger partial charge >= 0.3 is 0 Å². The van der Waals surface area contributed by atoms with E-state index in [1.54, 1.807) is 33.7 Å². The van der Waals surface area contributed by atoms with Gasteiger partial charge in [0.2, 0.25) is 0 Å². The molecule has 84 valence electrons. The number of amidine groups is 2. The highest BCUT2D eigenvalue weighted by atomic mass is 32.2. The highest BCUT2D eigenvalue weighted by Crippen LogP contribution is 2.16. The lowest BCUT2D eigenvalue weighted by atomic mass is 10.6. The first-order valence-electron chi connectivity index (χ1n) is 4.81. The molecule has 2 fully saturated rings. The molecule has 2 N–H and O–H groups in total. The zero-order chi connectivity index (χ0) is 10.7. The zero-order valence-corrected chi connectivity index (χ0v) is 9.99. The Hall–Kier alpha value is -0.400. The van der Waals surface area contributed by atoms with Crippen LogP contribution < -0.4 is 0 Å². The van der Waals surface area contributed by atoms with Crippen molar-refractivity contribution in [3.05, 3.63) is 0 Å². The molecule has 0 bridgehead atoms. The molecule has 0 aromatic rings. The van der Waals surface area contributed by atoms with Crippen LogP contribution in [-0.4, -0.2) is 57.9 Å². The molecule has 7 heteroatoms. The van der Waals surface area contributed by atoms with E-state index in [0.29, 0.717) is 23.2 Å². The minimum atomic E-state index is 0.497. The Balaban J connectivity index is 1.89. The molecule has 0 aliphatic carbocycles. The van der Waals surface area contributed by atoms with Gasteiger partial charge in [0.15, 0.2) is 0 Å². The summed E-state index contributed by atoms with van der Waals surface area (Å²) < 4.78 is 0. The van der Waals surface area contributed by atoms with Crippen molar-refractivity contribution in [3.63, 3.8) is 0 Å². The van der Waals surface area contributed by atoms with E-state index in [-0.39, 0.29) is 0 Å². The summed E-state index contributed by atoms with van der Waals surface area (Å²) in [5, 5.41) is 18.6. The summed E-state index contributed by atoms with van der Waals surface area (Å²) in [4.78, 5) is 5.55. The smallest absolute Gasteiger partial charge is 0.133 e. The molecule has 0 unspecified atom stereocenters. The monoisotopic (exact) mass is 246 g/mol. The molecule has 0 aromatic carbocycles. The fourth-order valence-electron chi connectivity index (χ4n) is 1.35. The Morgan fingerprint density at radius 2 is 1.40 bits per heavy atom. The van der Waals surface area contributed by atoms with Gasteiger partial charge in [-0.15, -0.1) is 0 Å². The van der Waals surface area contributed by atoms with Gasteiger partial charge < -0.3 is 0 Å². The average molecular weight is 246 g/mol. The highest BCUT2D eigenvalue weighted by Gasteiger charge is 2.23. The van der Waals surface area contributed by atoms with Crippen molar-refractivity contribution in [2.45, 2.75) is 0 Å². The van der Waals surface area contributed by atoms with Crippen molar-refractivity contribution in [1.82, 2.24) is 10.1 Å². The van der Waals surface area contributed by atoms with Gasteiger partial charge in [-0.05, 0) is 0 Å². The van der Waals surface area contributed by atoms with Crippen LogP contribution in [0.15, 0.2) is 0 Å². The summed E-state index contributed by atoms with van der Waals surface area (Å²) in [6.45, 7) is 1.47. The Bertz CT molecular complexity index is 247. The number of rotatable bonds is 2. The predicted octanol–water partition coefficient (Wildman–Crippen LogP) is 0.885. The van der Waals surface area contributed by atoms with Gasteiger partial charge in [0, 0.05) is 11.5 Å². The van der Waals surface area contributed by atoms with E-state index in [0.717, 1.165) is 24.6 Å². The van der Waals surface area contributed by atoms with Crippen molar-refractivity contribution < 1.29 is 4.94 Å². The molecule has 0 radical (unpaired) electrons. The molecule has 0 saturated carbocycles. The maximum Gasteiger partial charge on any atom is 0.133 e.